The van der Waals surface area contributed by atoms with Crippen LogP contribution in [0.3, 0.4) is 0 Å². The fraction of sp³-hybridized carbons (Fsp3) is 0.250. The van der Waals surface area contributed by atoms with Crippen LogP contribution in [0.1, 0.15) is 11.1 Å². The van der Waals surface area contributed by atoms with E-state index in [1.807, 2.05) is 31.2 Å². The van der Waals surface area contributed by atoms with E-state index in [9.17, 15) is 8.42 Å². The molecule has 0 bridgehead atoms. The molecule has 0 radical (unpaired) electrons. The van der Waals surface area contributed by atoms with Gasteiger partial charge in [-0.05, 0) is 36.8 Å². The Balaban J connectivity index is 1.81. The summed E-state index contributed by atoms with van der Waals surface area (Å²) < 4.78 is 32.0. The van der Waals surface area contributed by atoms with Crippen LogP contribution in [0.2, 0.25) is 10.0 Å². The molecule has 0 fully saturated rings. The molecule has 0 saturated carbocycles. The third-order valence-corrected chi connectivity index (χ3v) is 5.15. The number of benzene rings is 2. The highest BCUT2D eigenvalue weighted by Gasteiger charge is 2.12. The molecule has 0 saturated heterocycles. The number of aryl methyl sites for hydroxylation is 1. The largest absolute Gasteiger partial charge is 0.492 e. The molecule has 23 heavy (non-hydrogen) atoms. The lowest BCUT2D eigenvalue weighted by Crippen LogP contribution is -2.29. The number of nitrogens with one attached hydrogen (secondary N) is 1. The second-order valence-electron chi connectivity index (χ2n) is 5.06. The van der Waals surface area contributed by atoms with Crippen molar-refractivity contribution in [2.45, 2.75) is 12.7 Å². The molecule has 7 heteroatoms. The van der Waals surface area contributed by atoms with Gasteiger partial charge in [-0.1, -0.05) is 47.0 Å². The summed E-state index contributed by atoms with van der Waals surface area (Å²) >= 11 is 11.7. The maximum Gasteiger partial charge on any atom is 0.215 e. The smallest absolute Gasteiger partial charge is 0.215 e. The molecule has 0 aliphatic rings. The van der Waals surface area contributed by atoms with E-state index in [2.05, 4.69) is 4.72 Å². The minimum atomic E-state index is -3.46. The van der Waals surface area contributed by atoms with E-state index < -0.39 is 10.0 Å². The maximum absolute atomic E-state index is 12.0. The van der Waals surface area contributed by atoms with Crippen LogP contribution in [0, 0.1) is 6.92 Å². The van der Waals surface area contributed by atoms with E-state index in [0.717, 1.165) is 5.56 Å². The van der Waals surface area contributed by atoms with Crippen molar-refractivity contribution in [2.24, 2.45) is 0 Å². The molecule has 0 aromatic heterocycles. The minimum absolute atomic E-state index is 0.158. The molecular formula is C16H17Cl2NO3S. The molecule has 0 heterocycles. The van der Waals surface area contributed by atoms with Crippen molar-refractivity contribution in [1.82, 2.24) is 4.72 Å². The molecule has 0 spiro atoms. The molecule has 0 aliphatic carbocycles. The van der Waals surface area contributed by atoms with Gasteiger partial charge in [0.25, 0.3) is 0 Å². The Labute approximate surface area is 146 Å². The number of halogens is 2. The molecule has 0 aliphatic heterocycles. The summed E-state index contributed by atoms with van der Waals surface area (Å²) in [5.41, 5.74) is 1.71. The Bertz CT molecular complexity index is 761. The number of hydrogen-bond acceptors (Lipinski definition) is 3. The first kappa shape index (κ1) is 18.1. The fourth-order valence-corrected chi connectivity index (χ4v) is 3.34. The Morgan fingerprint density at radius 2 is 1.74 bits per heavy atom. The molecule has 2 aromatic rings. The van der Waals surface area contributed by atoms with Gasteiger partial charge < -0.3 is 4.74 Å². The summed E-state index contributed by atoms with van der Waals surface area (Å²) in [5.74, 6) is 0.549. The van der Waals surface area contributed by atoms with E-state index in [0.29, 0.717) is 21.4 Å². The van der Waals surface area contributed by atoms with Crippen LogP contribution in [0.5, 0.6) is 5.75 Å². The first-order valence-electron chi connectivity index (χ1n) is 6.96. The second-order valence-corrected chi connectivity index (χ2v) is 7.68. The van der Waals surface area contributed by atoms with Gasteiger partial charge in [0.1, 0.15) is 12.4 Å². The van der Waals surface area contributed by atoms with Crippen molar-refractivity contribution in [2.75, 3.05) is 13.2 Å². The van der Waals surface area contributed by atoms with E-state index in [-0.39, 0.29) is 18.9 Å². The molecule has 124 valence electrons. The lowest BCUT2D eigenvalue weighted by atomic mass is 10.2. The number of hydrogen-bond donors (Lipinski definition) is 1. The average Bonchev–Trinajstić information content (AvgIpc) is 2.49. The summed E-state index contributed by atoms with van der Waals surface area (Å²) in [6, 6.07) is 12.3. The van der Waals surface area contributed by atoms with Crippen LogP contribution in [-0.4, -0.2) is 21.6 Å². The van der Waals surface area contributed by atoms with E-state index in [1.54, 1.807) is 18.2 Å². The van der Waals surface area contributed by atoms with Crippen LogP contribution in [0.25, 0.3) is 0 Å². The van der Waals surface area contributed by atoms with Gasteiger partial charge in [-0.25, -0.2) is 13.1 Å². The highest BCUT2D eigenvalue weighted by atomic mass is 35.5. The normalized spacial score (nSPS) is 11.4. The molecule has 2 rings (SSSR count). The summed E-state index contributed by atoms with van der Waals surface area (Å²) in [7, 11) is -3.46. The molecule has 2 aromatic carbocycles. The van der Waals surface area contributed by atoms with Crippen molar-refractivity contribution in [1.29, 1.82) is 0 Å². The molecule has 0 amide bonds. The van der Waals surface area contributed by atoms with Gasteiger partial charge in [-0.3, -0.25) is 0 Å². The topological polar surface area (TPSA) is 55.4 Å². The van der Waals surface area contributed by atoms with Gasteiger partial charge in [0.15, 0.2) is 0 Å². The van der Waals surface area contributed by atoms with E-state index >= 15 is 0 Å². The third-order valence-electron chi connectivity index (χ3n) is 3.05. The molecule has 1 N–H and O–H groups in total. The molecule has 0 unspecified atom stereocenters. The summed E-state index contributed by atoms with van der Waals surface area (Å²) in [6.07, 6.45) is 0. The first-order chi connectivity index (χ1) is 10.9. The van der Waals surface area contributed by atoms with Crippen LogP contribution in [0.4, 0.5) is 0 Å². The number of sulfonamides is 1. The summed E-state index contributed by atoms with van der Waals surface area (Å²) in [4.78, 5) is 0. The molecular weight excluding hydrogens is 357 g/mol. The highest BCUT2D eigenvalue weighted by molar-refractivity contribution is 7.88. The first-order valence-corrected chi connectivity index (χ1v) is 9.37. The Hall–Kier alpha value is -1.27. The predicted molar refractivity (Wildman–Crippen MR) is 93.8 cm³/mol. The van der Waals surface area contributed by atoms with Crippen molar-refractivity contribution in [3.8, 4) is 5.75 Å². The Kier molecular flexibility index (Phi) is 6.30. The summed E-state index contributed by atoms with van der Waals surface area (Å²) in [5, 5.41) is 0.731. The predicted octanol–water partition coefficient (Wildman–Crippen LogP) is 3.80. The van der Waals surface area contributed by atoms with Crippen LogP contribution in [0.15, 0.2) is 42.5 Å². The van der Waals surface area contributed by atoms with E-state index in [1.165, 1.54) is 0 Å². The van der Waals surface area contributed by atoms with Crippen LogP contribution in [-0.2, 0) is 15.8 Å². The van der Waals surface area contributed by atoms with Crippen LogP contribution < -0.4 is 9.46 Å². The third kappa shape index (κ3) is 6.03. The minimum Gasteiger partial charge on any atom is -0.492 e. The fourth-order valence-electron chi connectivity index (χ4n) is 1.90. The number of ether oxygens (including phenoxy) is 1. The maximum atomic E-state index is 12.0. The standard InChI is InChI=1S/C16H17Cl2NO3S/c1-12-2-5-14(6-3-12)22-9-8-19-23(20,21)11-13-4-7-15(17)16(18)10-13/h2-7,10,19H,8-9,11H2,1H3. The van der Waals surface area contributed by atoms with Gasteiger partial charge in [-0.15, -0.1) is 0 Å². The Morgan fingerprint density at radius 1 is 1.04 bits per heavy atom. The second kappa shape index (κ2) is 8.02. The zero-order valence-corrected chi connectivity index (χ0v) is 14.9. The lowest BCUT2D eigenvalue weighted by molar-refractivity contribution is 0.322. The zero-order chi connectivity index (χ0) is 16.9. The van der Waals surface area contributed by atoms with E-state index in [4.69, 9.17) is 27.9 Å². The van der Waals surface area contributed by atoms with Crippen LogP contribution >= 0.6 is 23.2 Å². The van der Waals surface area contributed by atoms with Crippen molar-refractivity contribution in [3.05, 3.63) is 63.6 Å². The van der Waals surface area contributed by atoms with Gasteiger partial charge in [0.2, 0.25) is 10.0 Å². The monoisotopic (exact) mass is 373 g/mol. The van der Waals surface area contributed by atoms with Gasteiger partial charge in [0, 0.05) is 6.54 Å². The van der Waals surface area contributed by atoms with Gasteiger partial charge >= 0.3 is 0 Å². The average molecular weight is 374 g/mol. The van der Waals surface area contributed by atoms with Gasteiger partial charge in [0.05, 0.1) is 15.8 Å². The molecule has 4 nitrogen and oxygen atoms in total. The highest BCUT2D eigenvalue weighted by Crippen LogP contribution is 2.23. The van der Waals surface area contributed by atoms with Gasteiger partial charge in [-0.2, -0.15) is 0 Å². The van der Waals surface area contributed by atoms with Crippen molar-refractivity contribution < 1.29 is 13.2 Å². The Morgan fingerprint density at radius 3 is 2.39 bits per heavy atom. The zero-order valence-electron chi connectivity index (χ0n) is 12.6. The SMILES string of the molecule is Cc1ccc(OCCNS(=O)(=O)Cc2ccc(Cl)c(Cl)c2)cc1. The number of rotatable bonds is 7. The molecule has 0 atom stereocenters. The quantitative estimate of drug-likeness (QED) is 0.750. The van der Waals surface area contributed by atoms with Crippen molar-refractivity contribution in [3.63, 3.8) is 0 Å². The lowest BCUT2D eigenvalue weighted by Gasteiger charge is -2.09. The van der Waals surface area contributed by atoms with Crippen molar-refractivity contribution >= 4 is 33.2 Å². The summed E-state index contributed by atoms with van der Waals surface area (Å²) in [6.45, 7) is 2.43.